The summed E-state index contributed by atoms with van der Waals surface area (Å²) in [7, 11) is 1.26. The lowest BCUT2D eigenvalue weighted by atomic mass is 10.0. The van der Waals surface area contributed by atoms with E-state index in [2.05, 4.69) is 92.1 Å². The quantitative estimate of drug-likeness (QED) is 0.0272. The molecule has 0 heterocycles. The third-order valence-electron chi connectivity index (χ3n) is 14.1. The van der Waals surface area contributed by atoms with Gasteiger partial charge in [-0.25, -0.2) is 0 Å². The zero-order valence-electron chi connectivity index (χ0n) is 50.4. The minimum Gasteiger partial charge on any atom is -0.756 e. The molecule has 0 saturated heterocycles. The molecule has 3 unspecified atom stereocenters. The van der Waals surface area contributed by atoms with E-state index in [1.165, 1.54) is 186 Å². The molecule has 1 amide bonds. The fraction of sp³-hybridized carbons (Fsp3) is 0.776. The maximum absolute atomic E-state index is 13.0. The van der Waals surface area contributed by atoms with Crippen molar-refractivity contribution in [2.24, 2.45) is 0 Å². The van der Waals surface area contributed by atoms with Crippen LogP contribution in [0.5, 0.6) is 0 Å². The van der Waals surface area contributed by atoms with Crippen LogP contribution in [0.1, 0.15) is 284 Å². The second-order valence-corrected chi connectivity index (χ2v) is 24.1. The van der Waals surface area contributed by atoms with Gasteiger partial charge in [-0.2, -0.15) is 0 Å². The number of nitrogens with zero attached hydrogens (tertiary/aromatic N) is 1. The third-order valence-corrected chi connectivity index (χ3v) is 15.1. The van der Waals surface area contributed by atoms with Crippen molar-refractivity contribution in [1.82, 2.24) is 5.32 Å². The first-order valence-corrected chi connectivity index (χ1v) is 33.4. The minimum absolute atomic E-state index is 0.00239. The van der Waals surface area contributed by atoms with Crippen LogP contribution in [0.25, 0.3) is 0 Å². The molecule has 0 aromatic rings. The van der Waals surface area contributed by atoms with Crippen molar-refractivity contribution < 1.29 is 32.9 Å². The number of nitrogens with one attached hydrogen (secondary N) is 1. The highest BCUT2D eigenvalue weighted by atomic mass is 31.2. The Morgan fingerprint density at radius 3 is 1.17 bits per heavy atom. The van der Waals surface area contributed by atoms with Crippen LogP contribution in [0, 0.1) is 0 Å². The third kappa shape index (κ3) is 59.3. The van der Waals surface area contributed by atoms with E-state index < -0.39 is 20.0 Å². The number of carbonyl (C=O) groups excluding carboxylic acids is 1. The molecule has 0 aliphatic rings. The maximum Gasteiger partial charge on any atom is 0.268 e. The van der Waals surface area contributed by atoms with Gasteiger partial charge in [0.15, 0.2) is 0 Å². The molecular formula is C67H123N2O6P. The number of aliphatic hydroxyl groups is 1. The lowest BCUT2D eigenvalue weighted by molar-refractivity contribution is -0.870. The Kier molecular flexibility index (Phi) is 55.6. The van der Waals surface area contributed by atoms with Crippen LogP contribution >= 0.6 is 7.82 Å². The van der Waals surface area contributed by atoms with E-state index in [-0.39, 0.29) is 19.1 Å². The Morgan fingerprint density at radius 2 is 0.803 bits per heavy atom. The summed E-state index contributed by atoms with van der Waals surface area (Å²) >= 11 is 0. The number of rotatable bonds is 58. The summed E-state index contributed by atoms with van der Waals surface area (Å²) in [6.45, 7) is 4.56. The predicted molar refractivity (Wildman–Crippen MR) is 330 cm³/mol. The SMILES string of the molecule is CC/C=C\C/C=C\C/C=C\C/C=C\C/C=C\C/C=C\CCCCCCCCCCCCCCCCCCC(=O)NC(COP(=O)([O-])OCC[N+](C)(C)C)C(O)/C=C/CCCCCCCCCCCCCCCCCCC. The Bertz CT molecular complexity index is 1510. The molecule has 0 aromatic carbocycles. The zero-order chi connectivity index (χ0) is 55.6. The fourth-order valence-corrected chi connectivity index (χ4v) is 9.88. The molecule has 2 N–H and O–H groups in total. The molecule has 76 heavy (non-hydrogen) atoms. The number of hydrogen-bond acceptors (Lipinski definition) is 6. The van der Waals surface area contributed by atoms with E-state index in [0.717, 1.165) is 77.0 Å². The van der Waals surface area contributed by atoms with Crippen LogP contribution < -0.4 is 10.2 Å². The first kappa shape index (κ1) is 73.7. The van der Waals surface area contributed by atoms with Crippen molar-refractivity contribution in [2.45, 2.75) is 296 Å². The fourth-order valence-electron chi connectivity index (χ4n) is 9.16. The van der Waals surface area contributed by atoms with Crippen molar-refractivity contribution in [1.29, 1.82) is 0 Å². The summed E-state index contributed by atoms with van der Waals surface area (Å²) in [4.78, 5) is 25.6. The van der Waals surface area contributed by atoms with E-state index >= 15 is 0 Å². The van der Waals surface area contributed by atoms with Crippen molar-refractivity contribution in [3.05, 3.63) is 85.1 Å². The normalized spacial score (nSPS) is 14.4. The van der Waals surface area contributed by atoms with Crippen molar-refractivity contribution in [2.75, 3.05) is 40.9 Å². The lowest BCUT2D eigenvalue weighted by Crippen LogP contribution is -2.45. The van der Waals surface area contributed by atoms with E-state index in [1.54, 1.807) is 6.08 Å². The molecule has 0 saturated carbocycles. The van der Waals surface area contributed by atoms with E-state index in [4.69, 9.17) is 9.05 Å². The number of allylic oxidation sites excluding steroid dienone is 13. The minimum atomic E-state index is -4.60. The molecule has 0 aromatic heterocycles. The second kappa shape index (κ2) is 57.4. The summed E-state index contributed by atoms with van der Waals surface area (Å²) in [6, 6.07) is -0.890. The number of quaternary nitrogens is 1. The highest BCUT2D eigenvalue weighted by Gasteiger charge is 2.23. The van der Waals surface area contributed by atoms with Gasteiger partial charge in [0.2, 0.25) is 5.91 Å². The topological polar surface area (TPSA) is 108 Å². The van der Waals surface area contributed by atoms with Crippen LogP contribution in [-0.2, 0) is 18.4 Å². The average Bonchev–Trinajstić information content (AvgIpc) is 3.38. The Balaban J connectivity index is 4.07. The molecule has 0 aliphatic carbocycles. The number of phosphoric ester groups is 1. The summed E-state index contributed by atoms with van der Waals surface area (Å²) in [5.41, 5.74) is 0. The van der Waals surface area contributed by atoms with Gasteiger partial charge in [-0.05, 0) is 70.6 Å². The molecule has 0 radical (unpaired) electrons. The lowest BCUT2D eigenvalue weighted by Gasteiger charge is -2.29. The molecular weight excluding hydrogens is 960 g/mol. The van der Waals surface area contributed by atoms with Crippen LogP contribution in [0.2, 0.25) is 0 Å². The summed E-state index contributed by atoms with van der Waals surface area (Å²) < 4.78 is 23.4. The maximum atomic E-state index is 13.0. The monoisotopic (exact) mass is 1080 g/mol. The van der Waals surface area contributed by atoms with Gasteiger partial charge in [0, 0.05) is 6.42 Å². The highest BCUT2D eigenvalue weighted by Crippen LogP contribution is 2.38. The van der Waals surface area contributed by atoms with E-state index in [0.29, 0.717) is 17.4 Å². The molecule has 0 spiro atoms. The second-order valence-electron chi connectivity index (χ2n) is 22.7. The number of aliphatic hydroxyl groups excluding tert-OH is 1. The number of hydrogen-bond donors (Lipinski definition) is 2. The number of amides is 1. The van der Waals surface area contributed by atoms with Gasteiger partial charge in [-0.1, -0.05) is 292 Å². The van der Waals surface area contributed by atoms with Gasteiger partial charge in [0.25, 0.3) is 7.82 Å². The highest BCUT2D eigenvalue weighted by molar-refractivity contribution is 7.45. The van der Waals surface area contributed by atoms with Gasteiger partial charge in [-0.3, -0.25) is 9.36 Å². The zero-order valence-corrected chi connectivity index (χ0v) is 51.3. The smallest absolute Gasteiger partial charge is 0.268 e. The predicted octanol–water partition coefficient (Wildman–Crippen LogP) is 19.4. The van der Waals surface area contributed by atoms with Crippen molar-refractivity contribution in [3.8, 4) is 0 Å². The molecule has 0 rings (SSSR count). The molecule has 9 heteroatoms. The average molecular weight is 1080 g/mol. The van der Waals surface area contributed by atoms with Gasteiger partial charge in [0.1, 0.15) is 13.2 Å². The Morgan fingerprint density at radius 1 is 0.474 bits per heavy atom. The summed E-state index contributed by atoms with van der Waals surface area (Å²) in [5, 5.41) is 13.9. The Hall–Kier alpha value is -2.32. The number of phosphoric acid groups is 1. The van der Waals surface area contributed by atoms with Crippen LogP contribution in [0.3, 0.4) is 0 Å². The van der Waals surface area contributed by atoms with Crippen molar-refractivity contribution >= 4 is 13.7 Å². The van der Waals surface area contributed by atoms with Crippen LogP contribution in [-0.4, -0.2) is 68.5 Å². The van der Waals surface area contributed by atoms with Crippen molar-refractivity contribution in [3.63, 3.8) is 0 Å². The Labute approximate surface area is 471 Å². The molecule has 0 fully saturated rings. The first-order valence-electron chi connectivity index (χ1n) is 31.9. The largest absolute Gasteiger partial charge is 0.756 e. The summed E-state index contributed by atoms with van der Waals surface area (Å²) in [5.74, 6) is -0.197. The van der Waals surface area contributed by atoms with E-state index in [1.807, 2.05) is 27.2 Å². The van der Waals surface area contributed by atoms with Gasteiger partial charge in [0.05, 0.1) is 39.9 Å². The van der Waals surface area contributed by atoms with E-state index in [9.17, 15) is 19.4 Å². The number of likely N-dealkylation sites (N-methyl/N-ethyl adjacent to an activating group) is 1. The van der Waals surface area contributed by atoms with Gasteiger partial charge >= 0.3 is 0 Å². The van der Waals surface area contributed by atoms with Crippen LogP contribution in [0.4, 0.5) is 0 Å². The number of carbonyl (C=O) groups is 1. The molecule has 0 aliphatic heterocycles. The number of unbranched alkanes of at least 4 members (excludes halogenated alkanes) is 33. The molecule has 442 valence electrons. The standard InChI is InChI=1S/C67H123N2O6P/c1-6-8-10-12-14-16-18-20-22-24-26-27-28-29-30-31-32-33-34-35-36-37-38-39-40-41-43-45-47-49-51-53-55-57-59-61-67(71)68-65(64-75-76(72,73)74-63-62-69(3,4)5)66(70)60-58-56-54-52-50-48-46-44-42-25-23-21-19-17-15-13-11-9-7-2/h8,10,14,16,20,22,26-27,29-30,32-33,58,60,65-66,70H,6-7,9,11-13,15,17-19,21,23-25,28,31,34-57,59,61-64H2,1-5H3,(H-,68,71,72,73)/b10-8-,16-14-,22-20-,27-26-,30-29-,33-32-,60-58+. The molecule has 3 atom stereocenters. The molecule has 8 nitrogen and oxygen atoms in total. The molecule has 0 bridgehead atoms. The van der Waals surface area contributed by atoms with Crippen LogP contribution in [0.15, 0.2) is 85.1 Å². The summed E-state index contributed by atoms with van der Waals surface area (Å²) in [6.07, 6.45) is 81.0. The van der Waals surface area contributed by atoms with Gasteiger partial charge < -0.3 is 28.8 Å². The first-order chi connectivity index (χ1) is 37.0. The van der Waals surface area contributed by atoms with Gasteiger partial charge in [-0.15, -0.1) is 0 Å².